The van der Waals surface area contributed by atoms with Gasteiger partial charge in [-0.05, 0) is 214 Å². The second kappa shape index (κ2) is 23.5. The molecule has 0 aliphatic rings. The Morgan fingerprint density at radius 1 is 0.136 bits per heavy atom. The number of rotatable bonds is 7. The van der Waals surface area contributed by atoms with E-state index in [0.29, 0.717) is 0 Å². The van der Waals surface area contributed by atoms with Gasteiger partial charge >= 0.3 is 0 Å². The third kappa shape index (κ3) is 9.66. The van der Waals surface area contributed by atoms with E-state index >= 15 is 0 Å². The Morgan fingerprint density at radius 2 is 0.456 bits per heavy atom. The van der Waals surface area contributed by atoms with Crippen molar-refractivity contribution in [3.05, 3.63) is 364 Å². The number of hydrogen-bond acceptors (Lipinski definition) is 3. The second-order valence-electron chi connectivity index (χ2n) is 27.3. The molecule has 22 aromatic rings. The summed E-state index contributed by atoms with van der Waals surface area (Å²) in [5, 5.41) is 24.1. The molecule has 0 bridgehead atoms. The fourth-order valence-corrected chi connectivity index (χ4v) is 16.6. The molecule has 3 heteroatoms. The predicted octanol–water partition coefficient (Wildman–Crippen LogP) is 28.8. The van der Waals surface area contributed by atoms with Gasteiger partial charge in [-0.3, -0.25) is 0 Å². The zero-order chi connectivity index (χ0) is 67.6. The Labute approximate surface area is 592 Å². The van der Waals surface area contributed by atoms with Crippen molar-refractivity contribution in [2.24, 2.45) is 0 Å². The summed E-state index contributed by atoms with van der Waals surface area (Å²) in [6, 6.07) is 132. The zero-order valence-electron chi connectivity index (χ0n) is 55.9. The Bertz CT molecular complexity index is 7110. The number of benzene rings is 19. The quantitative estimate of drug-likeness (QED) is 0.149. The van der Waals surface area contributed by atoms with Crippen LogP contribution in [0.4, 0.5) is 0 Å². The monoisotopic (exact) mass is 1310 g/mol. The SMILES string of the molecule is c1cc(-c2ccc3ccccc3c2)cc(-c2c3ccccc3c(-c3ccc(-c4ccc5oc6cc7ccccc7cc6c5c4)cc3)c3ccccc23)c1.c1ccc2cc3c(cc2c1)oc1ccc(-c2c4ccccc4c(-c4ccc(-c5cccc6c5oc5ccccc56)cc4)c4ccccc24)cc13. The van der Waals surface area contributed by atoms with Gasteiger partial charge in [0.1, 0.15) is 33.5 Å². The smallest absolute Gasteiger partial charge is 0.143 e. The van der Waals surface area contributed by atoms with E-state index in [4.69, 9.17) is 13.3 Å². The molecule has 0 atom stereocenters. The molecule has 0 unspecified atom stereocenters. The van der Waals surface area contributed by atoms with Crippen LogP contribution in [0.2, 0.25) is 0 Å². The lowest BCUT2D eigenvalue weighted by Gasteiger charge is -2.18. The van der Waals surface area contributed by atoms with E-state index in [1.165, 1.54) is 142 Å². The molecule has 0 fully saturated rings. The van der Waals surface area contributed by atoms with Gasteiger partial charge in [0.15, 0.2) is 0 Å². The Kier molecular flexibility index (Phi) is 13.3. The lowest BCUT2D eigenvalue weighted by atomic mass is 9.85. The Balaban J connectivity index is 0.000000134. The molecule has 22 rings (SSSR count). The van der Waals surface area contributed by atoms with Crippen LogP contribution < -0.4 is 0 Å². The van der Waals surface area contributed by atoms with Crippen LogP contribution in [0.5, 0.6) is 0 Å². The lowest BCUT2D eigenvalue weighted by molar-refractivity contribution is 0.669. The summed E-state index contributed by atoms with van der Waals surface area (Å²) in [6.07, 6.45) is 0. The minimum absolute atomic E-state index is 0.905. The molecule has 103 heavy (non-hydrogen) atoms. The van der Waals surface area contributed by atoms with Gasteiger partial charge < -0.3 is 13.3 Å². The average molecular weight is 1310 g/mol. The van der Waals surface area contributed by atoms with Crippen molar-refractivity contribution in [2.75, 3.05) is 0 Å². The molecular formula is C100H60O3. The van der Waals surface area contributed by atoms with E-state index in [1.54, 1.807) is 0 Å². The van der Waals surface area contributed by atoms with Crippen molar-refractivity contribution in [3.63, 3.8) is 0 Å². The lowest BCUT2D eigenvalue weighted by Crippen LogP contribution is -1.91. The maximum absolute atomic E-state index is 6.38. The fourth-order valence-electron chi connectivity index (χ4n) is 16.6. The summed E-state index contributed by atoms with van der Waals surface area (Å²) in [7, 11) is 0. The molecule has 0 saturated carbocycles. The van der Waals surface area contributed by atoms with Gasteiger partial charge in [0.05, 0.1) is 0 Å². The summed E-state index contributed by atoms with van der Waals surface area (Å²) in [4.78, 5) is 0. The summed E-state index contributed by atoms with van der Waals surface area (Å²) >= 11 is 0. The van der Waals surface area contributed by atoms with Gasteiger partial charge in [0, 0.05) is 37.9 Å². The van der Waals surface area contributed by atoms with Crippen LogP contribution >= 0.6 is 0 Å². The van der Waals surface area contributed by atoms with Crippen LogP contribution in [0, 0.1) is 0 Å². The first-order chi connectivity index (χ1) is 51.0. The Hall–Kier alpha value is -13.6. The van der Waals surface area contributed by atoms with Crippen molar-refractivity contribution in [2.45, 2.75) is 0 Å². The van der Waals surface area contributed by atoms with Gasteiger partial charge in [-0.1, -0.05) is 297 Å². The molecule has 478 valence electrons. The highest BCUT2D eigenvalue weighted by molar-refractivity contribution is 6.24. The van der Waals surface area contributed by atoms with Crippen LogP contribution in [0.25, 0.3) is 219 Å². The van der Waals surface area contributed by atoms with E-state index in [0.717, 1.165) is 76.9 Å². The van der Waals surface area contributed by atoms with Crippen LogP contribution in [-0.2, 0) is 0 Å². The van der Waals surface area contributed by atoms with Gasteiger partial charge in [0.2, 0.25) is 0 Å². The maximum Gasteiger partial charge on any atom is 0.143 e. The summed E-state index contributed by atoms with van der Waals surface area (Å²) < 4.78 is 19.1. The average Bonchev–Trinajstić information content (AvgIpc) is 1.34. The molecule has 3 aromatic heterocycles. The normalized spacial score (nSPS) is 11.9. The highest BCUT2D eigenvalue weighted by atomic mass is 16.3. The van der Waals surface area contributed by atoms with Crippen molar-refractivity contribution < 1.29 is 13.3 Å². The first-order valence-electron chi connectivity index (χ1n) is 35.3. The van der Waals surface area contributed by atoms with Gasteiger partial charge in [-0.2, -0.15) is 0 Å². The van der Waals surface area contributed by atoms with E-state index in [9.17, 15) is 0 Å². The number of hydrogen-bond donors (Lipinski definition) is 0. The van der Waals surface area contributed by atoms with E-state index < -0.39 is 0 Å². The topological polar surface area (TPSA) is 39.4 Å². The van der Waals surface area contributed by atoms with E-state index in [2.05, 4.69) is 352 Å². The first kappa shape index (κ1) is 58.4. The second-order valence-corrected chi connectivity index (χ2v) is 27.3. The van der Waals surface area contributed by atoms with Gasteiger partial charge in [0.25, 0.3) is 0 Å². The minimum Gasteiger partial charge on any atom is -0.456 e. The highest BCUT2D eigenvalue weighted by Crippen LogP contribution is 2.49. The highest BCUT2D eigenvalue weighted by Gasteiger charge is 2.22. The molecule has 0 saturated heterocycles. The molecule has 0 amide bonds. The zero-order valence-corrected chi connectivity index (χ0v) is 55.9. The summed E-state index contributed by atoms with van der Waals surface area (Å²) in [5.74, 6) is 0. The van der Waals surface area contributed by atoms with Crippen LogP contribution in [0.3, 0.4) is 0 Å². The molecule has 0 spiro atoms. The largest absolute Gasteiger partial charge is 0.456 e. The number of furan rings is 3. The van der Waals surface area contributed by atoms with Crippen molar-refractivity contribution in [1.82, 2.24) is 0 Å². The molecule has 0 aliphatic heterocycles. The van der Waals surface area contributed by atoms with Crippen LogP contribution in [0.15, 0.2) is 377 Å². The Morgan fingerprint density at radius 3 is 0.981 bits per heavy atom. The molecule has 0 N–H and O–H groups in total. The fraction of sp³-hybridized carbons (Fsp3) is 0. The van der Waals surface area contributed by atoms with E-state index in [1.807, 2.05) is 12.1 Å². The maximum atomic E-state index is 6.38. The van der Waals surface area contributed by atoms with Gasteiger partial charge in [-0.15, -0.1) is 0 Å². The number of fused-ring (bicyclic) bond motifs is 16. The molecule has 3 heterocycles. The van der Waals surface area contributed by atoms with Gasteiger partial charge in [-0.25, -0.2) is 0 Å². The number of para-hydroxylation sites is 2. The van der Waals surface area contributed by atoms with Crippen molar-refractivity contribution >= 4 is 141 Å². The standard InChI is InChI=1S/C52H32O.C48H28O2/c1-2-11-36-28-40(25-22-33(36)10-1)37-14-9-15-42(29-37)52-45-18-7-5-16-43(45)51(44-17-6-8-19-46(44)52)35-23-20-34(21-24-35)41-26-27-49-47(31-41)48-30-38-12-3-4-13-39(38)32-50(48)53-49;1-2-11-32-28-45-42(26-31(32)10-1)41-27-33(24-25-44(41)49-45)47-38-15-5-3-13-36(38)46(37-14-4-6-16-39(37)47)30-22-20-29(21-23-30)34-17-9-18-40-35-12-7-8-19-43(35)50-48(34)40/h1-32H;1-28H. The van der Waals surface area contributed by atoms with Crippen LogP contribution in [-0.4, -0.2) is 0 Å². The summed E-state index contributed by atoms with van der Waals surface area (Å²) in [6.45, 7) is 0. The molecule has 19 aromatic carbocycles. The third-order valence-electron chi connectivity index (χ3n) is 21.5. The van der Waals surface area contributed by atoms with Crippen molar-refractivity contribution in [1.29, 1.82) is 0 Å². The van der Waals surface area contributed by atoms with Crippen LogP contribution in [0.1, 0.15) is 0 Å². The third-order valence-corrected chi connectivity index (χ3v) is 21.5. The summed E-state index contributed by atoms with van der Waals surface area (Å²) in [5.41, 5.74) is 22.4. The predicted molar refractivity (Wildman–Crippen MR) is 435 cm³/mol. The molecule has 0 aliphatic carbocycles. The van der Waals surface area contributed by atoms with Crippen molar-refractivity contribution in [3.8, 4) is 77.9 Å². The molecule has 3 nitrogen and oxygen atoms in total. The van der Waals surface area contributed by atoms with E-state index in [-0.39, 0.29) is 0 Å². The first-order valence-corrected chi connectivity index (χ1v) is 35.3. The molecular weight excluding hydrogens is 1250 g/mol. The minimum atomic E-state index is 0.905. The molecule has 0 radical (unpaired) electrons.